The number of carboxylic acid groups (broad SMARTS) is 1. The number of ether oxygens (including phenoxy) is 1. The minimum absolute atomic E-state index is 0.00802. The van der Waals surface area contributed by atoms with Gasteiger partial charge in [0.15, 0.2) is 5.78 Å². The third kappa shape index (κ3) is 4.64. The first-order valence-electron chi connectivity index (χ1n) is 11.8. The van der Waals surface area contributed by atoms with E-state index in [1.54, 1.807) is 0 Å². The Balaban J connectivity index is 1.47. The summed E-state index contributed by atoms with van der Waals surface area (Å²) in [5.74, 6) is -0.997. The van der Waals surface area contributed by atoms with Crippen molar-refractivity contribution in [3.05, 3.63) is 106 Å². The molecule has 1 aliphatic heterocycles. The third-order valence-corrected chi connectivity index (χ3v) is 6.96. The number of hydrogen-bond acceptors (Lipinski definition) is 4. The Hall–Kier alpha value is -3.90. The van der Waals surface area contributed by atoms with Crippen molar-refractivity contribution in [3.63, 3.8) is 0 Å². The molecule has 1 heterocycles. The number of Topliss-reactive ketones (excluding diaryl/α,β-unsaturated/α-hetero) is 1. The average Bonchev–Trinajstić information content (AvgIpc) is 2.88. The second-order valence-electron chi connectivity index (χ2n) is 8.94. The largest absolute Gasteiger partial charge is 0.489 e. The van der Waals surface area contributed by atoms with Gasteiger partial charge in [-0.1, -0.05) is 54.1 Å². The molecule has 2 aliphatic rings. The van der Waals surface area contributed by atoms with E-state index in [2.05, 4.69) is 0 Å². The van der Waals surface area contributed by atoms with Gasteiger partial charge in [0.05, 0.1) is 16.3 Å². The van der Waals surface area contributed by atoms with E-state index in [1.807, 2.05) is 54.6 Å². The number of ketones is 1. The van der Waals surface area contributed by atoms with E-state index in [4.69, 9.17) is 16.3 Å². The molecule has 1 atom stereocenters. The van der Waals surface area contributed by atoms with Crippen molar-refractivity contribution >= 4 is 34.9 Å². The summed E-state index contributed by atoms with van der Waals surface area (Å²) in [5.41, 5.74) is 3.47. The van der Waals surface area contributed by atoms with Gasteiger partial charge in [-0.25, -0.2) is 4.79 Å². The van der Waals surface area contributed by atoms with E-state index in [1.165, 1.54) is 23.1 Å². The lowest BCUT2D eigenvalue weighted by atomic mass is 9.77. The predicted molar refractivity (Wildman–Crippen MR) is 136 cm³/mol. The van der Waals surface area contributed by atoms with E-state index >= 15 is 0 Å². The van der Waals surface area contributed by atoms with Crippen LogP contribution < -0.4 is 9.64 Å². The van der Waals surface area contributed by atoms with Crippen LogP contribution in [0.3, 0.4) is 0 Å². The minimum atomic E-state index is -1.11. The number of nitrogens with zero attached hydrogens (tertiary/aromatic N) is 1. The second kappa shape index (κ2) is 9.99. The van der Waals surface area contributed by atoms with Crippen molar-refractivity contribution in [3.8, 4) is 5.75 Å². The van der Waals surface area contributed by atoms with Crippen molar-refractivity contribution in [1.29, 1.82) is 0 Å². The van der Waals surface area contributed by atoms with Gasteiger partial charge in [0, 0.05) is 30.0 Å². The van der Waals surface area contributed by atoms with Crippen LogP contribution in [0.2, 0.25) is 5.02 Å². The van der Waals surface area contributed by atoms with Crippen LogP contribution in [0, 0.1) is 0 Å². The lowest BCUT2D eigenvalue weighted by molar-refractivity contribution is -0.119. The highest BCUT2D eigenvalue weighted by molar-refractivity contribution is 6.34. The highest BCUT2D eigenvalue weighted by atomic mass is 35.5. The predicted octanol–water partition coefficient (Wildman–Crippen LogP) is 6.14. The molecule has 0 fully saturated rings. The quantitative estimate of drug-likeness (QED) is 0.438. The average molecular weight is 502 g/mol. The zero-order valence-corrected chi connectivity index (χ0v) is 20.2. The minimum Gasteiger partial charge on any atom is -0.489 e. The fraction of sp³-hybridized carbons (Fsp3) is 0.207. The molecular weight excluding hydrogens is 478 g/mol. The monoisotopic (exact) mass is 501 g/mol. The first-order chi connectivity index (χ1) is 17.4. The number of carboxylic acids is 1. The summed E-state index contributed by atoms with van der Waals surface area (Å²) in [5, 5.41) is 9.69. The fourth-order valence-corrected chi connectivity index (χ4v) is 5.11. The van der Waals surface area contributed by atoms with E-state index in [0.29, 0.717) is 48.6 Å². The summed E-state index contributed by atoms with van der Waals surface area (Å²) in [6.07, 6.45) is 1.66. The lowest BCUT2D eigenvalue weighted by Crippen LogP contribution is -2.40. The Morgan fingerprint density at radius 2 is 1.75 bits per heavy atom. The molecule has 1 aliphatic carbocycles. The number of carbonyl (C=O) groups is 3. The van der Waals surface area contributed by atoms with Crippen LogP contribution in [0.5, 0.6) is 5.75 Å². The van der Waals surface area contributed by atoms with Crippen LogP contribution in [0.1, 0.15) is 53.1 Å². The lowest BCUT2D eigenvalue weighted by Gasteiger charge is -2.38. The molecule has 36 heavy (non-hydrogen) atoms. The first kappa shape index (κ1) is 23.8. The van der Waals surface area contributed by atoms with Gasteiger partial charge in [-0.15, -0.1) is 0 Å². The molecule has 5 rings (SSSR count). The number of halogens is 1. The van der Waals surface area contributed by atoms with Crippen LogP contribution in [0.4, 0.5) is 5.69 Å². The fourth-order valence-electron chi connectivity index (χ4n) is 4.91. The molecule has 1 unspecified atom stereocenters. The van der Waals surface area contributed by atoms with Gasteiger partial charge in [-0.3, -0.25) is 14.5 Å². The highest BCUT2D eigenvalue weighted by Gasteiger charge is 2.40. The van der Waals surface area contributed by atoms with Crippen LogP contribution in [-0.2, 0) is 16.2 Å². The Labute approximate surface area is 213 Å². The van der Waals surface area contributed by atoms with Gasteiger partial charge < -0.3 is 9.84 Å². The van der Waals surface area contributed by atoms with Gasteiger partial charge in [-0.2, -0.15) is 0 Å². The maximum atomic E-state index is 13.4. The summed E-state index contributed by atoms with van der Waals surface area (Å²) in [6.45, 7) is 0.445. The Morgan fingerprint density at radius 1 is 1.00 bits per heavy atom. The Morgan fingerprint density at radius 3 is 2.47 bits per heavy atom. The smallest absolute Gasteiger partial charge is 0.335 e. The molecule has 0 saturated carbocycles. The topological polar surface area (TPSA) is 83.9 Å². The highest BCUT2D eigenvalue weighted by Crippen LogP contribution is 2.45. The van der Waals surface area contributed by atoms with Crippen molar-refractivity contribution in [2.24, 2.45) is 0 Å². The number of allylic oxidation sites excluding steroid dienone is 2. The number of amides is 1. The van der Waals surface area contributed by atoms with Crippen molar-refractivity contribution < 1.29 is 24.2 Å². The number of hydrogen-bond donors (Lipinski definition) is 1. The van der Waals surface area contributed by atoms with Crippen molar-refractivity contribution in [2.75, 3.05) is 4.90 Å². The molecule has 3 aromatic carbocycles. The zero-order valence-electron chi connectivity index (χ0n) is 19.4. The second-order valence-corrected chi connectivity index (χ2v) is 9.34. The number of rotatable bonds is 6. The third-order valence-electron chi connectivity index (χ3n) is 6.64. The normalized spacial score (nSPS) is 17.7. The summed E-state index contributed by atoms with van der Waals surface area (Å²) in [7, 11) is 0. The van der Waals surface area contributed by atoms with Crippen LogP contribution >= 0.6 is 11.6 Å². The van der Waals surface area contributed by atoms with Gasteiger partial charge in [-0.05, 0) is 54.3 Å². The van der Waals surface area contributed by atoms with Crippen molar-refractivity contribution in [1.82, 2.24) is 0 Å². The molecule has 0 saturated heterocycles. The van der Waals surface area contributed by atoms with Crippen LogP contribution in [0.15, 0.2) is 84.1 Å². The van der Waals surface area contributed by atoms with Crippen LogP contribution in [-0.4, -0.2) is 22.8 Å². The molecular formula is C29H24ClNO5. The maximum absolute atomic E-state index is 13.4. The SMILES string of the molecule is O=C1CCCC2=C1C(c1ccc(OCc3ccccc3)cc1)CC(=O)N2c1cc(C(=O)O)ccc1Cl. The van der Waals surface area contributed by atoms with E-state index in [9.17, 15) is 19.5 Å². The van der Waals surface area contributed by atoms with Gasteiger partial charge in [0.25, 0.3) is 0 Å². The maximum Gasteiger partial charge on any atom is 0.335 e. The summed E-state index contributed by atoms with van der Waals surface area (Å²) >= 11 is 6.40. The van der Waals surface area contributed by atoms with E-state index in [0.717, 1.165) is 11.1 Å². The van der Waals surface area contributed by atoms with Crippen LogP contribution in [0.25, 0.3) is 0 Å². The molecule has 182 valence electrons. The van der Waals surface area contributed by atoms with E-state index in [-0.39, 0.29) is 34.6 Å². The molecule has 7 heteroatoms. The number of benzene rings is 3. The summed E-state index contributed by atoms with van der Waals surface area (Å²) in [6, 6.07) is 21.6. The summed E-state index contributed by atoms with van der Waals surface area (Å²) < 4.78 is 5.89. The zero-order chi connectivity index (χ0) is 25.2. The number of aromatic carboxylic acids is 1. The molecule has 0 spiro atoms. The number of anilines is 1. The first-order valence-corrected chi connectivity index (χ1v) is 12.2. The molecule has 3 aromatic rings. The Bertz CT molecular complexity index is 1360. The van der Waals surface area contributed by atoms with Gasteiger partial charge >= 0.3 is 5.97 Å². The standard InChI is InChI=1S/C29H24ClNO5/c30-23-14-11-20(29(34)35)15-25(23)31-24-7-4-8-26(32)28(24)22(16-27(31)33)19-9-12-21(13-10-19)36-17-18-5-2-1-3-6-18/h1-3,5-6,9-15,22H,4,7-8,16-17H2,(H,34,35). The molecule has 0 bridgehead atoms. The molecule has 0 aromatic heterocycles. The van der Waals surface area contributed by atoms with Gasteiger partial charge in [0.1, 0.15) is 12.4 Å². The number of carbonyl (C=O) groups excluding carboxylic acids is 2. The Kier molecular flexibility index (Phi) is 6.61. The molecule has 1 N–H and O–H groups in total. The molecule has 0 radical (unpaired) electrons. The molecule has 6 nitrogen and oxygen atoms in total. The van der Waals surface area contributed by atoms with Crippen molar-refractivity contribution in [2.45, 2.75) is 38.2 Å². The van der Waals surface area contributed by atoms with Gasteiger partial charge in [0.2, 0.25) is 5.91 Å². The van der Waals surface area contributed by atoms with E-state index < -0.39 is 5.97 Å². The molecule has 1 amide bonds. The summed E-state index contributed by atoms with van der Waals surface area (Å²) in [4.78, 5) is 39.6.